The molecule has 0 atom stereocenters. The van der Waals surface area contributed by atoms with Gasteiger partial charge in [-0.2, -0.15) is 18.3 Å². The molecule has 6 nitrogen and oxygen atoms in total. The maximum absolute atomic E-state index is 14.0. The van der Waals surface area contributed by atoms with Crippen LogP contribution in [0, 0.1) is 12.7 Å². The number of piperidine rings is 1. The van der Waals surface area contributed by atoms with Gasteiger partial charge in [0, 0.05) is 24.8 Å². The van der Waals surface area contributed by atoms with Crippen LogP contribution in [0.3, 0.4) is 0 Å². The number of anilines is 2. The van der Waals surface area contributed by atoms with Crippen molar-refractivity contribution in [2.75, 3.05) is 23.3 Å². The molecule has 1 amide bonds. The van der Waals surface area contributed by atoms with Crippen molar-refractivity contribution in [3.8, 4) is 5.69 Å². The first-order valence-electron chi connectivity index (χ1n) is 10.8. The van der Waals surface area contributed by atoms with Gasteiger partial charge in [0.25, 0.3) is 5.91 Å². The van der Waals surface area contributed by atoms with E-state index in [-0.39, 0.29) is 17.1 Å². The Kier molecular flexibility index (Phi) is 6.41. The first-order chi connectivity index (χ1) is 16.1. The molecule has 1 aliphatic heterocycles. The summed E-state index contributed by atoms with van der Waals surface area (Å²) in [7, 11) is 0. The fourth-order valence-corrected chi connectivity index (χ4v) is 4.05. The molecule has 2 heterocycles. The zero-order valence-corrected chi connectivity index (χ0v) is 18.3. The molecule has 2 aromatic carbocycles. The second-order valence-corrected chi connectivity index (χ2v) is 8.09. The molecule has 1 fully saturated rings. The highest BCUT2D eigenvalue weighted by Gasteiger charge is 2.34. The SMILES string of the molecule is Cc1cc(=O)c(C(=O)Nc2cc(F)ccc2N2CCCCC2)nn1-c1ccccc1C(F)(F)F. The normalized spacial score (nSPS) is 14.2. The van der Waals surface area contributed by atoms with E-state index in [4.69, 9.17) is 0 Å². The zero-order valence-electron chi connectivity index (χ0n) is 18.3. The van der Waals surface area contributed by atoms with Crippen LogP contribution in [-0.4, -0.2) is 28.8 Å². The van der Waals surface area contributed by atoms with Gasteiger partial charge in [-0.25, -0.2) is 9.07 Å². The molecule has 3 aromatic rings. The summed E-state index contributed by atoms with van der Waals surface area (Å²) < 4.78 is 55.5. The van der Waals surface area contributed by atoms with Crippen molar-refractivity contribution >= 4 is 17.3 Å². The van der Waals surface area contributed by atoms with E-state index < -0.39 is 34.6 Å². The van der Waals surface area contributed by atoms with Gasteiger partial charge in [0.1, 0.15) is 5.82 Å². The largest absolute Gasteiger partial charge is 0.418 e. The quantitative estimate of drug-likeness (QED) is 0.544. The molecule has 1 saturated heterocycles. The molecule has 1 N–H and O–H groups in total. The van der Waals surface area contributed by atoms with E-state index in [0.717, 1.165) is 55.2 Å². The first kappa shape index (κ1) is 23.5. The van der Waals surface area contributed by atoms with Crippen molar-refractivity contribution in [1.82, 2.24) is 9.78 Å². The number of carbonyl (C=O) groups excluding carboxylic acids is 1. The summed E-state index contributed by atoms with van der Waals surface area (Å²) in [5, 5.41) is 6.49. The Morgan fingerprint density at radius 3 is 2.41 bits per heavy atom. The Morgan fingerprint density at radius 1 is 1.00 bits per heavy atom. The summed E-state index contributed by atoms with van der Waals surface area (Å²) in [6.45, 7) is 2.89. The number of nitrogens with zero attached hydrogens (tertiary/aromatic N) is 3. The highest BCUT2D eigenvalue weighted by molar-refractivity contribution is 6.04. The number of rotatable bonds is 4. The van der Waals surface area contributed by atoms with E-state index >= 15 is 0 Å². The van der Waals surface area contributed by atoms with Gasteiger partial charge in [0.05, 0.1) is 22.6 Å². The summed E-state index contributed by atoms with van der Waals surface area (Å²) in [5.41, 5.74) is -1.75. The van der Waals surface area contributed by atoms with Gasteiger partial charge in [-0.15, -0.1) is 0 Å². The maximum Gasteiger partial charge on any atom is 0.418 e. The third kappa shape index (κ3) is 4.80. The number of carbonyl (C=O) groups is 1. The van der Waals surface area contributed by atoms with Crippen molar-refractivity contribution in [3.63, 3.8) is 0 Å². The van der Waals surface area contributed by atoms with Crippen molar-refractivity contribution in [2.24, 2.45) is 0 Å². The average molecular weight is 474 g/mol. The van der Waals surface area contributed by atoms with E-state index in [1.54, 1.807) is 6.07 Å². The predicted molar refractivity (Wildman–Crippen MR) is 120 cm³/mol. The molecular formula is C24H22F4N4O2. The van der Waals surface area contributed by atoms with Gasteiger partial charge in [0.15, 0.2) is 5.69 Å². The van der Waals surface area contributed by atoms with Crippen LogP contribution in [-0.2, 0) is 6.18 Å². The number of nitrogens with one attached hydrogen (secondary N) is 1. The van der Waals surface area contributed by atoms with Gasteiger partial charge in [-0.1, -0.05) is 12.1 Å². The van der Waals surface area contributed by atoms with Crippen LogP contribution in [0.15, 0.2) is 53.3 Å². The maximum atomic E-state index is 14.0. The molecule has 0 spiro atoms. The van der Waals surface area contributed by atoms with Gasteiger partial charge in [-0.05, 0) is 56.5 Å². The van der Waals surface area contributed by atoms with Crippen LogP contribution >= 0.6 is 0 Å². The molecule has 0 saturated carbocycles. The second-order valence-electron chi connectivity index (χ2n) is 8.09. The summed E-state index contributed by atoms with van der Waals surface area (Å²) in [5.74, 6) is -1.52. The number of halogens is 4. The van der Waals surface area contributed by atoms with Crippen molar-refractivity contribution in [1.29, 1.82) is 0 Å². The average Bonchev–Trinajstić information content (AvgIpc) is 2.79. The monoisotopic (exact) mass is 474 g/mol. The smallest absolute Gasteiger partial charge is 0.370 e. The Bertz CT molecular complexity index is 1280. The minimum atomic E-state index is -4.67. The van der Waals surface area contributed by atoms with Crippen LogP contribution < -0.4 is 15.6 Å². The fourth-order valence-electron chi connectivity index (χ4n) is 4.05. The Balaban J connectivity index is 1.73. The third-order valence-electron chi connectivity index (χ3n) is 5.66. The predicted octanol–water partition coefficient (Wildman–Crippen LogP) is 4.94. The third-order valence-corrected chi connectivity index (χ3v) is 5.66. The number of aryl methyl sites for hydroxylation is 1. The summed E-state index contributed by atoms with van der Waals surface area (Å²) in [4.78, 5) is 27.6. The topological polar surface area (TPSA) is 67.2 Å². The summed E-state index contributed by atoms with van der Waals surface area (Å²) >= 11 is 0. The zero-order chi connectivity index (χ0) is 24.5. The standard InChI is InChI=1S/C24H22F4N4O2/c1-15-13-21(33)22(30-32(15)19-8-4-3-7-17(19)24(26,27)28)23(34)29-18-14-16(25)9-10-20(18)31-11-5-2-6-12-31/h3-4,7-10,13-14H,2,5-6,11-12H2,1H3,(H,29,34). The Morgan fingerprint density at radius 2 is 1.71 bits per heavy atom. The lowest BCUT2D eigenvalue weighted by Crippen LogP contribution is -2.31. The van der Waals surface area contributed by atoms with E-state index in [2.05, 4.69) is 10.4 Å². The number of hydrogen-bond acceptors (Lipinski definition) is 4. The van der Waals surface area contributed by atoms with Crippen LogP contribution in [0.25, 0.3) is 5.69 Å². The number of amides is 1. The first-order valence-corrected chi connectivity index (χ1v) is 10.8. The lowest BCUT2D eigenvalue weighted by molar-refractivity contribution is -0.137. The number of hydrogen-bond donors (Lipinski definition) is 1. The molecule has 34 heavy (non-hydrogen) atoms. The second kappa shape index (κ2) is 9.28. The van der Waals surface area contributed by atoms with E-state index in [1.807, 2.05) is 4.90 Å². The highest BCUT2D eigenvalue weighted by atomic mass is 19.4. The van der Waals surface area contributed by atoms with Crippen LogP contribution in [0.5, 0.6) is 0 Å². The van der Waals surface area contributed by atoms with E-state index in [0.29, 0.717) is 5.69 Å². The van der Waals surface area contributed by atoms with Gasteiger partial charge in [-0.3, -0.25) is 9.59 Å². The molecule has 178 valence electrons. The van der Waals surface area contributed by atoms with Gasteiger partial charge >= 0.3 is 6.18 Å². The van der Waals surface area contributed by atoms with Crippen LogP contribution in [0.1, 0.15) is 41.0 Å². The van der Waals surface area contributed by atoms with Crippen LogP contribution in [0.4, 0.5) is 28.9 Å². The number of aromatic nitrogens is 2. The van der Waals surface area contributed by atoms with Crippen LogP contribution in [0.2, 0.25) is 0 Å². The highest BCUT2D eigenvalue weighted by Crippen LogP contribution is 2.34. The molecule has 1 aromatic heterocycles. The summed E-state index contributed by atoms with van der Waals surface area (Å²) in [6, 6.07) is 9.77. The Labute approximate surface area is 192 Å². The minimum absolute atomic E-state index is 0.123. The molecule has 0 bridgehead atoms. The lowest BCUT2D eigenvalue weighted by Gasteiger charge is -2.30. The van der Waals surface area contributed by atoms with Gasteiger partial charge < -0.3 is 10.2 Å². The Hall–Kier alpha value is -3.69. The molecular weight excluding hydrogens is 452 g/mol. The number of para-hydroxylation sites is 1. The molecule has 0 unspecified atom stereocenters. The minimum Gasteiger partial charge on any atom is -0.370 e. The molecule has 0 radical (unpaired) electrons. The fraction of sp³-hybridized carbons (Fsp3) is 0.292. The molecule has 10 heteroatoms. The van der Waals surface area contributed by atoms with Crippen molar-refractivity contribution < 1.29 is 22.4 Å². The summed E-state index contributed by atoms with van der Waals surface area (Å²) in [6.07, 6.45) is -1.69. The van der Waals surface area contributed by atoms with E-state index in [9.17, 15) is 27.2 Å². The van der Waals surface area contributed by atoms with Gasteiger partial charge in [0.2, 0.25) is 5.43 Å². The molecule has 4 rings (SSSR count). The molecule has 0 aliphatic carbocycles. The molecule has 1 aliphatic rings. The lowest BCUT2D eigenvalue weighted by atomic mass is 10.1. The van der Waals surface area contributed by atoms with Crippen molar-refractivity contribution in [2.45, 2.75) is 32.4 Å². The van der Waals surface area contributed by atoms with E-state index in [1.165, 1.54) is 31.2 Å². The van der Waals surface area contributed by atoms with Crippen molar-refractivity contribution in [3.05, 3.63) is 81.5 Å². The number of benzene rings is 2. The number of alkyl halides is 3.